The topological polar surface area (TPSA) is 45.6 Å². The van der Waals surface area contributed by atoms with Gasteiger partial charge in [-0.25, -0.2) is 0 Å². The third-order valence-corrected chi connectivity index (χ3v) is 2.87. The van der Waals surface area contributed by atoms with Crippen LogP contribution >= 0.6 is 0 Å². The van der Waals surface area contributed by atoms with Crippen LogP contribution < -0.4 is 0 Å². The maximum absolute atomic E-state index is 10.1. The summed E-state index contributed by atoms with van der Waals surface area (Å²) in [6, 6.07) is 5.74. The first-order chi connectivity index (χ1) is 7.75. The van der Waals surface area contributed by atoms with Crippen molar-refractivity contribution in [3.63, 3.8) is 0 Å². The van der Waals surface area contributed by atoms with Crippen molar-refractivity contribution in [3.8, 4) is 0 Å². The number of morpholine rings is 1. The fourth-order valence-corrected chi connectivity index (χ4v) is 1.91. The number of hydrogen-bond donors (Lipinski definition) is 1. The van der Waals surface area contributed by atoms with E-state index in [0.717, 1.165) is 18.8 Å². The van der Waals surface area contributed by atoms with Crippen LogP contribution in [-0.4, -0.2) is 53.9 Å². The molecule has 1 aliphatic rings. The van der Waals surface area contributed by atoms with Crippen molar-refractivity contribution in [2.24, 2.45) is 0 Å². The molecule has 1 saturated heterocycles. The Morgan fingerprint density at radius 1 is 1.62 bits per heavy atom. The normalized spacial score (nSPS) is 24.2. The molecule has 4 heteroatoms. The van der Waals surface area contributed by atoms with Crippen molar-refractivity contribution >= 4 is 0 Å². The molecular formula is C12H18N2O2. The molecule has 4 nitrogen and oxygen atoms in total. The quantitative estimate of drug-likeness (QED) is 0.800. The Labute approximate surface area is 95.9 Å². The van der Waals surface area contributed by atoms with Crippen molar-refractivity contribution in [1.82, 2.24) is 9.88 Å². The van der Waals surface area contributed by atoms with Crippen molar-refractivity contribution in [3.05, 3.63) is 30.1 Å². The minimum absolute atomic E-state index is 0.0965. The average Bonchev–Trinajstić information content (AvgIpc) is 2.30. The van der Waals surface area contributed by atoms with Crippen molar-refractivity contribution < 1.29 is 9.84 Å². The van der Waals surface area contributed by atoms with Gasteiger partial charge in [0.05, 0.1) is 18.8 Å². The fourth-order valence-electron chi connectivity index (χ4n) is 1.91. The third kappa shape index (κ3) is 3.01. The number of pyridine rings is 1. The number of aliphatic hydroxyl groups is 1. The van der Waals surface area contributed by atoms with E-state index in [4.69, 9.17) is 4.74 Å². The highest BCUT2D eigenvalue weighted by Crippen LogP contribution is 2.11. The predicted molar refractivity (Wildman–Crippen MR) is 61.2 cm³/mol. The summed E-state index contributed by atoms with van der Waals surface area (Å²) >= 11 is 0. The molecule has 88 valence electrons. The van der Waals surface area contributed by atoms with E-state index in [2.05, 4.69) is 9.88 Å². The Morgan fingerprint density at radius 3 is 3.19 bits per heavy atom. The maximum atomic E-state index is 10.1. The van der Waals surface area contributed by atoms with Crippen LogP contribution in [0.2, 0.25) is 0 Å². The third-order valence-electron chi connectivity index (χ3n) is 2.87. The number of nitrogens with zero attached hydrogens (tertiary/aromatic N) is 2. The molecule has 0 saturated carbocycles. The second-order valence-corrected chi connectivity index (χ2v) is 4.26. The second-order valence-electron chi connectivity index (χ2n) is 4.26. The molecule has 16 heavy (non-hydrogen) atoms. The van der Waals surface area contributed by atoms with Crippen LogP contribution in [0.5, 0.6) is 0 Å². The second kappa shape index (κ2) is 5.39. The molecular weight excluding hydrogens is 204 g/mol. The Balaban J connectivity index is 1.90. The van der Waals surface area contributed by atoms with Crippen molar-refractivity contribution in [1.29, 1.82) is 0 Å². The van der Waals surface area contributed by atoms with E-state index in [1.54, 1.807) is 6.20 Å². The molecule has 0 spiro atoms. The van der Waals surface area contributed by atoms with Gasteiger partial charge in [0.2, 0.25) is 0 Å². The molecule has 2 atom stereocenters. The highest BCUT2D eigenvalue weighted by Gasteiger charge is 2.25. The molecule has 2 unspecified atom stereocenters. The summed E-state index contributed by atoms with van der Waals surface area (Å²) < 4.78 is 5.56. The predicted octanol–water partition coefficient (Wildman–Crippen LogP) is 0.316. The van der Waals surface area contributed by atoms with E-state index in [0.29, 0.717) is 13.0 Å². The summed E-state index contributed by atoms with van der Waals surface area (Å²) in [5.74, 6) is 0. The average molecular weight is 222 g/mol. The van der Waals surface area contributed by atoms with Gasteiger partial charge in [0.25, 0.3) is 0 Å². The van der Waals surface area contributed by atoms with E-state index in [1.807, 2.05) is 25.2 Å². The fraction of sp³-hybridized carbons (Fsp3) is 0.583. The zero-order chi connectivity index (χ0) is 11.4. The van der Waals surface area contributed by atoms with E-state index in [-0.39, 0.29) is 6.10 Å². The van der Waals surface area contributed by atoms with Crippen LogP contribution in [0.1, 0.15) is 5.69 Å². The lowest BCUT2D eigenvalue weighted by molar-refractivity contribution is -0.0825. The Bertz CT molecular complexity index is 318. The van der Waals surface area contributed by atoms with Gasteiger partial charge in [-0.3, -0.25) is 4.98 Å². The standard InChI is InChI=1S/C12H18N2O2/c1-14-6-7-16-12(9-14)11(15)8-10-4-2-3-5-13-10/h2-5,11-12,15H,6-9H2,1H3. The van der Waals surface area contributed by atoms with Gasteiger partial charge in [-0.2, -0.15) is 0 Å². The minimum Gasteiger partial charge on any atom is -0.390 e. The van der Waals surface area contributed by atoms with Gasteiger partial charge in [0, 0.05) is 31.4 Å². The number of aromatic nitrogens is 1. The number of aliphatic hydroxyl groups excluding tert-OH is 1. The van der Waals surface area contributed by atoms with E-state index in [1.165, 1.54) is 0 Å². The molecule has 1 N–H and O–H groups in total. The molecule has 0 radical (unpaired) electrons. The number of hydrogen-bond acceptors (Lipinski definition) is 4. The van der Waals surface area contributed by atoms with Crippen LogP contribution in [0.15, 0.2) is 24.4 Å². The van der Waals surface area contributed by atoms with Crippen LogP contribution in [0.25, 0.3) is 0 Å². The molecule has 0 aromatic carbocycles. The summed E-state index contributed by atoms with van der Waals surface area (Å²) in [7, 11) is 2.04. The zero-order valence-electron chi connectivity index (χ0n) is 9.54. The first kappa shape index (κ1) is 11.5. The smallest absolute Gasteiger partial charge is 0.0964 e. The van der Waals surface area contributed by atoms with Gasteiger partial charge in [0.15, 0.2) is 0 Å². The molecule has 2 heterocycles. The molecule has 0 bridgehead atoms. The Morgan fingerprint density at radius 2 is 2.50 bits per heavy atom. The summed E-state index contributed by atoms with van der Waals surface area (Å²) in [5, 5.41) is 10.1. The number of likely N-dealkylation sites (N-methyl/N-ethyl adjacent to an activating group) is 1. The minimum atomic E-state index is -0.474. The van der Waals surface area contributed by atoms with E-state index in [9.17, 15) is 5.11 Å². The van der Waals surface area contributed by atoms with Gasteiger partial charge in [-0.15, -0.1) is 0 Å². The van der Waals surface area contributed by atoms with Gasteiger partial charge in [-0.1, -0.05) is 6.07 Å². The molecule has 1 aromatic heterocycles. The Hall–Kier alpha value is -0.970. The number of rotatable bonds is 3. The van der Waals surface area contributed by atoms with Crippen molar-refractivity contribution in [2.45, 2.75) is 18.6 Å². The van der Waals surface area contributed by atoms with Gasteiger partial charge in [-0.05, 0) is 19.2 Å². The summed E-state index contributed by atoms with van der Waals surface area (Å²) in [4.78, 5) is 6.38. The first-order valence-electron chi connectivity index (χ1n) is 5.64. The van der Waals surface area contributed by atoms with Gasteiger partial charge in [0.1, 0.15) is 0 Å². The zero-order valence-corrected chi connectivity index (χ0v) is 9.54. The number of ether oxygens (including phenoxy) is 1. The first-order valence-corrected chi connectivity index (χ1v) is 5.64. The lowest BCUT2D eigenvalue weighted by Crippen LogP contribution is -2.46. The molecule has 1 aromatic rings. The molecule has 0 amide bonds. The molecule has 1 aliphatic heterocycles. The van der Waals surface area contributed by atoms with E-state index < -0.39 is 6.10 Å². The van der Waals surface area contributed by atoms with Crippen LogP contribution in [0, 0.1) is 0 Å². The lowest BCUT2D eigenvalue weighted by atomic mass is 10.1. The van der Waals surface area contributed by atoms with Crippen LogP contribution in [-0.2, 0) is 11.2 Å². The highest BCUT2D eigenvalue weighted by atomic mass is 16.5. The largest absolute Gasteiger partial charge is 0.390 e. The van der Waals surface area contributed by atoms with Gasteiger partial charge < -0.3 is 14.7 Å². The summed E-state index contributed by atoms with van der Waals surface area (Å²) in [6.45, 7) is 2.42. The SMILES string of the molecule is CN1CCOC(C(O)Cc2ccccn2)C1. The molecule has 0 aliphatic carbocycles. The Kier molecular flexibility index (Phi) is 3.88. The maximum Gasteiger partial charge on any atom is 0.0964 e. The lowest BCUT2D eigenvalue weighted by Gasteiger charge is -2.32. The van der Waals surface area contributed by atoms with E-state index >= 15 is 0 Å². The summed E-state index contributed by atoms with van der Waals surface area (Å²) in [6.07, 6.45) is 1.73. The van der Waals surface area contributed by atoms with Crippen molar-refractivity contribution in [2.75, 3.05) is 26.7 Å². The molecule has 1 fully saturated rings. The summed E-state index contributed by atoms with van der Waals surface area (Å²) in [5.41, 5.74) is 0.909. The van der Waals surface area contributed by atoms with Crippen LogP contribution in [0.3, 0.4) is 0 Å². The molecule has 2 rings (SSSR count). The highest BCUT2D eigenvalue weighted by molar-refractivity contribution is 5.05. The van der Waals surface area contributed by atoms with Crippen LogP contribution in [0.4, 0.5) is 0 Å². The van der Waals surface area contributed by atoms with Gasteiger partial charge >= 0.3 is 0 Å². The monoisotopic (exact) mass is 222 g/mol.